The summed E-state index contributed by atoms with van der Waals surface area (Å²) in [5.74, 6) is 0. The van der Waals surface area contributed by atoms with Gasteiger partial charge in [-0.1, -0.05) is 38.2 Å². The van der Waals surface area contributed by atoms with E-state index in [0.717, 1.165) is 0 Å². The minimum absolute atomic E-state index is 1.17. The molecule has 0 amide bonds. The Labute approximate surface area is 89.8 Å². The van der Waals surface area contributed by atoms with Gasteiger partial charge < -0.3 is 0 Å². The fourth-order valence-corrected chi connectivity index (χ4v) is 4.62. The SMILES string of the molecule is CC[Si](C)(C)c1nc2ccccc2s1. The first-order valence-electron chi connectivity index (χ1n) is 4.99. The van der Waals surface area contributed by atoms with Crippen molar-refractivity contribution in [3.63, 3.8) is 0 Å². The molecule has 1 aromatic heterocycles. The van der Waals surface area contributed by atoms with Gasteiger partial charge in [-0.3, -0.25) is 0 Å². The number of benzene rings is 1. The van der Waals surface area contributed by atoms with Crippen LogP contribution in [0.2, 0.25) is 19.1 Å². The van der Waals surface area contributed by atoms with Crippen molar-refractivity contribution < 1.29 is 0 Å². The van der Waals surface area contributed by atoms with E-state index in [2.05, 4.69) is 44.3 Å². The summed E-state index contributed by atoms with van der Waals surface area (Å²) >= 11 is 1.88. The number of hydrogen-bond donors (Lipinski definition) is 0. The average Bonchev–Trinajstić information content (AvgIpc) is 2.61. The Morgan fingerprint density at radius 2 is 2.00 bits per heavy atom. The van der Waals surface area contributed by atoms with Crippen LogP contribution < -0.4 is 4.63 Å². The minimum Gasteiger partial charge on any atom is -0.246 e. The van der Waals surface area contributed by atoms with Crippen molar-refractivity contribution in [3.05, 3.63) is 24.3 Å². The van der Waals surface area contributed by atoms with Gasteiger partial charge in [-0.05, 0) is 12.1 Å². The second kappa shape index (κ2) is 3.48. The summed E-state index contributed by atoms with van der Waals surface area (Å²) in [4.78, 5) is 4.74. The van der Waals surface area contributed by atoms with Gasteiger partial charge in [-0.15, -0.1) is 11.3 Å². The van der Waals surface area contributed by atoms with E-state index in [0.29, 0.717) is 0 Å². The number of thiazole rings is 1. The van der Waals surface area contributed by atoms with Crippen LogP contribution in [0.5, 0.6) is 0 Å². The van der Waals surface area contributed by atoms with E-state index >= 15 is 0 Å². The maximum absolute atomic E-state index is 4.74. The summed E-state index contributed by atoms with van der Waals surface area (Å²) in [5.41, 5.74) is 1.17. The third kappa shape index (κ3) is 1.62. The van der Waals surface area contributed by atoms with Crippen LogP contribution in [0.25, 0.3) is 10.2 Å². The van der Waals surface area contributed by atoms with Gasteiger partial charge in [0.05, 0.1) is 14.8 Å². The molecule has 2 rings (SSSR count). The third-order valence-corrected chi connectivity index (χ3v) is 8.61. The third-order valence-electron chi connectivity index (χ3n) is 2.76. The van der Waals surface area contributed by atoms with Crippen LogP contribution in [-0.4, -0.2) is 13.1 Å². The fourth-order valence-electron chi connectivity index (χ4n) is 1.31. The molecular formula is C11H15NSSi. The molecule has 1 heterocycles. The molecule has 0 bridgehead atoms. The van der Waals surface area contributed by atoms with Gasteiger partial charge in [0.2, 0.25) is 0 Å². The van der Waals surface area contributed by atoms with Gasteiger partial charge in [-0.2, -0.15) is 0 Å². The van der Waals surface area contributed by atoms with E-state index in [1.165, 1.54) is 20.9 Å². The van der Waals surface area contributed by atoms with Gasteiger partial charge in [0, 0.05) is 0 Å². The van der Waals surface area contributed by atoms with Gasteiger partial charge in [-0.25, -0.2) is 4.98 Å². The van der Waals surface area contributed by atoms with Crippen molar-refractivity contribution in [3.8, 4) is 0 Å². The summed E-state index contributed by atoms with van der Waals surface area (Å²) in [6, 6.07) is 9.69. The standard InChI is InChI=1S/C11H15NSSi/c1-4-14(2,3)11-12-9-7-5-6-8-10(9)13-11/h5-8H,4H2,1-3H3. The molecule has 0 atom stereocenters. The Balaban J connectivity index is 2.55. The van der Waals surface area contributed by atoms with Gasteiger partial charge >= 0.3 is 0 Å². The fraction of sp³-hybridized carbons (Fsp3) is 0.364. The Hall–Kier alpha value is -0.673. The molecule has 0 aliphatic carbocycles. The second-order valence-electron chi connectivity index (χ2n) is 4.22. The van der Waals surface area contributed by atoms with Crippen molar-refractivity contribution in [2.45, 2.75) is 26.1 Å². The van der Waals surface area contributed by atoms with E-state index in [1.54, 1.807) is 0 Å². The quantitative estimate of drug-likeness (QED) is 0.710. The minimum atomic E-state index is -1.23. The molecule has 0 unspecified atom stereocenters. The highest BCUT2D eigenvalue weighted by molar-refractivity contribution is 7.30. The largest absolute Gasteiger partial charge is 0.246 e. The zero-order chi connectivity index (χ0) is 10.2. The van der Waals surface area contributed by atoms with E-state index in [-0.39, 0.29) is 0 Å². The van der Waals surface area contributed by atoms with E-state index < -0.39 is 8.07 Å². The van der Waals surface area contributed by atoms with Crippen molar-refractivity contribution in [1.82, 2.24) is 4.98 Å². The molecule has 0 aliphatic rings. The molecule has 0 saturated carbocycles. The van der Waals surface area contributed by atoms with Crippen LogP contribution in [0.1, 0.15) is 6.92 Å². The Morgan fingerprint density at radius 3 is 2.64 bits per heavy atom. The molecular weight excluding hydrogens is 206 g/mol. The lowest BCUT2D eigenvalue weighted by Crippen LogP contribution is -2.39. The number of nitrogens with zero attached hydrogens (tertiary/aromatic N) is 1. The monoisotopic (exact) mass is 221 g/mol. The Bertz CT molecular complexity index is 414. The molecule has 14 heavy (non-hydrogen) atoms. The number of aromatic nitrogens is 1. The molecule has 3 heteroatoms. The van der Waals surface area contributed by atoms with Crippen LogP contribution in [0.15, 0.2) is 24.3 Å². The average molecular weight is 221 g/mol. The van der Waals surface area contributed by atoms with Crippen LogP contribution in [0.3, 0.4) is 0 Å². The predicted molar refractivity (Wildman–Crippen MR) is 67.2 cm³/mol. The molecule has 0 spiro atoms. The molecule has 1 aromatic carbocycles. The number of para-hydroxylation sites is 1. The van der Waals surface area contributed by atoms with Gasteiger partial charge in [0.25, 0.3) is 0 Å². The van der Waals surface area contributed by atoms with E-state index in [1.807, 2.05) is 11.3 Å². The topological polar surface area (TPSA) is 12.9 Å². The molecule has 0 aliphatic heterocycles. The van der Waals surface area contributed by atoms with E-state index in [9.17, 15) is 0 Å². The zero-order valence-electron chi connectivity index (χ0n) is 8.87. The summed E-state index contributed by atoms with van der Waals surface area (Å²) in [5, 5.41) is 0. The summed E-state index contributed by atoms with van der Waals surface area (Å²) in [7, 11) is -1.23. The van der Waals surface area contributed by atoms with Gasteiger partial charge in [0.1, 0.15) is 8.07 Å². The number of hydrogen-bond acceptors (Lipinski definition) is 2. The lowest BCUT2D eigenvalue weighted by atomic mass is 10.3. The first-order chi connectivity index (χ1) is 6.63. The number of rotatable bonds is 2. The number of fused-ring (bicyclic) bond motifs is 1. The Morgan fingerprint density at radius 1 is 1.29 bits per heavy atom. The molecule has 1 nitrogen and oxygen atoms in total. The highest BCUT2D eigenvalue weighted by Gasteiger charge is 2.24. The molecule has 0 radical (unpaired) electrons. The maximum Gasteiger partial charge on any atom is 0.117 e. The highest BCUT2D eigenvalue weighted by Crippen LogP contribution is 2.20. The van der Waals surface area contributed by atoms with Gasteiger partial charge in [0.15, 0.2) is 0 Å². The lowest BCUT2D eigenvalue weighted by Gasteiger charge is -2.15. The van der Waals surface area contributed by atoms with E-state index in [4.69, 9.17) is 4.98 Å². The highest BCUT2D eigenvalue weighted by atomic mass is 32.1. The smallest absolute Gasteiger partial charge is 0.117 e. The molecule has 74 valence electrons. The summed E-state index contributed by atoms with van der Waals surface area (Å²) < 4.78 is 2.72. The van der Waals surface area contributed by atoms with Crippen molar-refractivity contribution in [2.24, 2.45) is 0 Å². The molecule has 2 aromatic rings. The van der Waals surface area contributed by atoms with Crippen LogP contribution in [0.4, 0.5) is 0 Å². The lowest BCUT2D eigenvalue weighted by molar-refractivity contribution is 1.36. The van der Waals surface area contributed by atoms with Crippen LogP contribution in [-0.2, 0) is 0 Å². The second-order valence-corrected chi connectivity index (χ2v) is 10.6. The molecule has 0 fully saturated rings. The Kier molecular flexibility index (Phi) is 2.45. The first kappa shape index (κ1) is 9.87. The molecule has 0 saturated heterocycles. The zero-order valence-corrected chi connectivity index (χ0v) is 10.7. The van der Waals surface area contributed by atoms with Crippen LogP contribution in [0, 0.1) is 0 Å². The molecule has 0 N–H and O–H groups in total. The van der Waals surface area contributed by atoms with Crippen molar-refractivity contribution >= 4 is 34.3 Å². The van der Waals surface area contributed by atoms with Crippen molar-refractivity contribution in [1.29, 1.82) is 0 Å². The first-order valence-corrected chi connectivity index (χ1v) is 9.02. The normalized spacial score (nSPS) is 12.2. The van der Waals surface area contributed by atoms with Crippen molar-refractivity contribution in [2.75, 3.05) is 0 Å². The summed E-state index contributed by atoms with van der Waals surface area (Å²) in [6.45, 7) is 7.06. The summed E-state index contributed by atoms with van der Waals surface area (Å²) in [6.07, 6.45) is 0. The van der Waals surface area contributed by atoms with Crippen LogP contribution >= 0.6 is 11.3 Å². The predicted octanol–water partition coefficient (Wildman–Crippen LogP) is 3.23. The maximum atomic E-state index is 4.74.